The summed E-state index contributed by atoms with van der Waals surface area (Å²) in [4.78, 5) is 31.0. The molecule has 0 radical (unpaired) electrons. The van der Waals surface area contributed by atoms with Gasteiger partial charge in [-0.15, -0.1) is 15.3 Å². The molecule has 1 saturated carbocycles. The number of amides is 2. The molecule has 5 rings (SSSR count). The lowest BCUT2D eigenvalue weighted by Gasteiger charge is -2.42. The summed E-state index contributed by atoms with van der Waals surface area (Å²) in [7, 11) is 1.50. The van der Waals surface area contributed by atoms with Gasteiger partial charge in [-0.1, -0.05) is 0 Å². The molecule has 172 valence electrons. The molecule has 4 heterocycles. The molecule has 1 atom stereocenters. The Hall–Kier alpha value is -3.80. The van der Waals surface area contributed by atoms with E-state index >= 15 is 0 Å². The molecule has 0 aromatic carbocycles. The summed E-state index contributed by atoms with van der Waals surface area (Å²) < 4.78 is 1.65. The van der Waals surface area contributed by atoms with E-state index in [1.54, 1.807) is 10.6 Å². The number of hydrogen-bond donors (Lipinski definition) is 4. The molecule has 2 amide bonds. The lowest BCUT2D eigenvalue weighted by atomic mass is 9.94. The molecule has 12 nitrogen and oxygen atoms in total. The molecule has 1 aliphatic heterocycles. The van der Waals surface area contributed by atoms with Crippen molar-refractivity contribution < 1.29 is 14.7 Å². The summed E-state index contributed by atoms with van der Waals surface area (Å²) in [6.45, 7) is 3.39. The van der Waals surface area contributed by atoms with E-state index in [1.807, 2.05) is 25.3 Å². The van der Waals surface area contributed by atoms with Gasteiger partial charge in [0.2, 0.25) is 11.9 Å². The number of carbonyl (C=O) groups excluding carboxylic acids is 2. The zero-order valence-corrected chi connectivity index (χ0v) is 18.3. The number of aliphatic hydroxyl groups is 1. The van der Waals surface area contributed by atoms with Gasteiger partial charge < -0.3 is 26.0 Å². The number of carbonyl (C=O) groups is 2. The van der Waals surface area contributed by atoms with Crippen LogP contribution in [0.5, 0.6) is 0 Å². The van der Waals surface area contributed by atoms with Crippen LogP contribution in [0.1, 0.15) is 30.3 Å². The third kappa shape index (κ3) is 4.29. The van der Waals surface area contributed by atoms with Crippen LogP contribution in [0.3, 0.4) is 0 Å². The Morgan fingerprint density at radius 2 is 2.00 bits per heavy atom. The van der Waals surface area contributed by atoms with Crippen LogP contribution in [0.15, 0.2) is 24.4 Å². The van der Waals surface area contributed by atoms with Gasteiger partial charge >= 0.3 is 0 Å². The Kier molecular flexibility index (Phi) is 5.29. The molecular formula is C21H25N9O3. The van der Waals surface area contributed by atoms with Gasteiger partial charge in [-0.3, -0.25) is 9.59 Å². The first-order valence-electron chi connectivity index (χ1n) is 10.9. The monoisotopic (exact) mass is 451 g/mol. The lowest BCUT2D eigenvalue weighted by molar-refractivity contribution is -0.117. The van der Waals surface area contributed by atoms with Crippen molar-refractivity contribution in [3.8, 4) is 0 Å². The molecule has 33 heavy (non-hydrogen) atoms. The van der Waals surface area contributed by atoms with E-state index in [-0.39, 0.29) is 41.3 Å². The number of pyridine rings is 1. The zero-order valence-electron chi connectivity index (χ0n) is 18.3. The fraction of sp³-hybridized carbons (Fsp3) is 0.429. The highest BCUT2D eigenvalue weighted by molar-refractivity contribution is 5.99. The van der Waals surface area contributed by atoms with Crippen LogP contribution in [-0.2, 0) is 4.79 Å². The fourth-order valence-corrected chi connectivity index (χ4v) is 3.67. The average Bonchev–Trinajstić information content (AvgIpc) is 3.53. The SMILES string of the molecule is CNC(=O)c1nnc(NC(=O)C2CC2)cc1Nc1nc2ccc(N3CC(C(C)O)C3)cn2n1. The van der Waals surface area contributed by atoms with Crippen LogP contribution in [0, 0.1) is 11.8 Å². The van der Waals surface area contributed by atoms with E-state index in [2.05, 4.69) is 41.1 Å². The second-order valence-electron chi connectivity index (χ2n) is 8.49. The van der Waals surface area contributed by atoms with Gasteiger partial charge in [0.05, 0.1) is 23.7 Å². The predicted molar refractivity (Wildman–Crippen MR) is 120 cm³/mol. The summed E-state index contributed by atoms with van der Waals surface area (Å²) in [5.74, 6) is 0.268. The highest BCUT2D eigenvalue weighted by atomic mass is 16.3. The first-order chi connectivity index (χ1) is 15.9. The van der Waals surface area contributed by atoms with Crippen molar-refractivity contribution in [2.24, 2.45) is 11.8 Å². The largest absolute Gasteiger partial charge is 0.393 e. The quantitative estimate of drug-likeness (QED) is 0.409. The van der Waals surface area contributed by atoms with E-state index in [4.69, 9.17) is 0 Å². The Balaban J connectivity index is 1.38. The van der Waals surface area contributed by atoms with Gasteiger partial charge in [0.25, 0.3) is 5.91 Å². The molecule has 3 aromatic heterocycles. The van der Waals surface area contributed by atoms with Gasteiger partial charge in [0, 0.05) is 38.0 Å². The average molecular weight is 451 g/mol. The summed E-state index contributed by atoms with van der Waals surface area (Å²) >= 11 is 0. The number of nitrogens with one attached hydrogen (secondary N) is 3. The molecule has 12 heteroatoms. The molecule has 2 fully saturated rings. The number of hydrogen-bond acceptors (Lipinski definition) is 9. The van der Waals surface area contributed by atoms with Crippen molar-refractivity contribution in [2.45, 2.75) is 25.9 Å². The Bertz CT molecular complexity index is 1210. The number of rotatable bonds is 7. The Morgan fingerprint density at radius 3 is 2.70 bits per heavy atom. The van der Waals surface area contributed by atoms with Crippen LogP contribution < -0.4 is 20.9 Å². The zero-order chi connectivity index (χ0) is 23.1. The van der Waals surface area contributed by atoms with Gasteiger partial charge in [0.1, 0.15) is 0 Å². The van der Waals surface area contributed by atoms with Crippen molar-refractivity contribution in [1.82, 2.24) is 30.1 Å². The number of aliphatic hydroxyl groups excluding tert-OH is 1. The van der Waals surface area contributed by atoms with E-state index < -0.39 is 5.91 Å². The minimum atomic E-state index is -0.429. The van der Waals surface area contributed by atoms with E-state index in [0.29, 0.717) is 11.3 Å². The van der Waals surface area contributed by atoms with Crippen molar-refractivity contribution in [3.63, 3.8) is 0 Å². The highest BCUT2D eigenvalue weighted by Crippen LogP contribution is 2.31. The predicted octanol–water partition coefficient (Wildman–Crippen LogP) is 0.788. The minimum Gasteiger partial charge on any atom is -0.393 e. The van der Waals surface area contributed by atoms with E-state index in [1.165, 1.54) is 7.05 Å². The van der Waals surface area contributed by atoms with Crippen LogP contribution >= 0.6 is 0 Å². The van der Waals surface area contributed by atoms with Crippen LogP contribution in [0.25, 0.3) is 5.65 Å². The van der Waals surface area contributed by atoms with Gasteiger partial charge in [-0.2, -0.15) is 4.98 Å². The summed E-state index contributed by atoms with van der Waals surface area (Å²) in [6.07, 6.45) is 3.28. The number of anilines is 4. The summed E-state index contributed by atoms with van der Waals surface area (Å²) in [5, 5.41) is 30.4. The smallest absolute Gasteiger partial charge is 0.273 e. The topological polar surface area (TPSA) is 150 Å². The molecule has 1 aliphatic carbocycles. The fourth-order valence-electron chi connectivity index (χ4n) is 3.67. The van der Waals surface area contributed by atoms with Crippen LogP contribution in [0.4, 0.5) is 23.1 Å². The third-order valence-corrected chi connectivity index (χ3v) is 5.95. The van der Waals surface area contributed by atoms with Crippen LogP contribution in [0.2, 0.25) is 0 Å². The highest BCUT2D eigenvalue weighted by Gasteiger charge is 2.31. The van der Waals surface area contributed by atoms with Crippen molar-refractivity contribution in [3.05, 3.63) is 30.1 Å². The minimum absolute atomic E-state index is 0.0124. The maximum atomic E-state index is 12.3. The second-order valence-corrected chi connectivity index (χ2v) is 8.49. The molecule has 3 aromatic rings. The first kappa shape index (κ1) is 21.1. The van der Waals surface area contributed by atoms with Gasteiger partial charge in [-0.05, 0) is 31.9 Å². The normalized spacial score (nSPS) is 16.9. The van der Waals surface area contributed by atoms with Crippen molar-refractivity contribution >= 4 is 40.6 Å². The number of aromatic nitrogens is 5. The van der Waals surface area contributed by atoms with E-state index in [0.717, 1.165) is 31.6 Å². The summed E-state index contributed by atoms with van der Waals surface area (Å²) in [5.41, 5.74) is 2.00. The molecule has 1 saturated heterocycles. The first-order valence-corrected chi connectivity index (χ1v) is 10.9. The number of nitrogens with zero attached hydrogens (tertiary/aromatic N) is 6. The second kappa shape index (κ2) is 8.28. The standard InChI is InChI=1S/C21H25N9O3/c1-11(31)13-8-29(9-13)14-5-6-17-25-21(28-30(17)10-14)23-15-7-16(24-19(32)12-3-4-12)26-27-18(15)20(33)22-2/h5-7,10-13,31H,3-4,8-9H2,1-2H3,(H,22,33)(H2,23,24,26,28,32). The Labute approximate surface area is 189 Å². The number of fused-ring (bicyclic) bond motifs is 1. The van der Waals surface area contributed by atoms with Crippen molar-refractivity contribution in [1.29, 1.82) is 0 Å². The van der Waals surface area contributed by atoms with Crippen LogP contribution in [-0.4, -0.2) is 68.0 Å². The molecule has 0 bridgehead atoms. The molecule has 0 spiro atoms. The van der Waals surface area contributed by atoms with E-state index in [9.17, 15) is 14.7 Å². The molecule has 1 unspecified atom stereocenters. The Morgan fingerprint density at radius 1 is 1.21 bits per heavy atom. The lowest BCUT2D eigenvalue weighted by Crippen LogP contribution is -2.51. The molecule has 2 aliphatic rings. The third-order valence-electron chi connectivity index (χ3n) is 5.95. The summed E-state index contributed by atoms with van der Waals surface area (Å²) in [6, 6.07) is 5.36. The van der Waals surface area contributed by atoms with Crippen molar-refractivity contribution in [2.75, 3.05) is 35.7 Å². The van der Waals surface area contributed by atoms with Gasteiger partial charge in [-0.25, -0.2) is 4.52 Å². The maximum Gasteiger partial charge on any atom is 0.273 e. The van der Waals surface area contributed by atoms with Gasteiger partial charge in [0.15, 0.2) is 17.2 Å². The maximum absolute atomic E-state index is 12.3. The molecular weight excluding hydrogens is 426 g/mol. The molecule has 4 N–H and O–H groups in total.